The van der Waals surface area contributed by atoms with Crippen molar-refractivity contribution in [1.82, 2.24) is 0 Å². The molecule has 2 aromatic rings. The van der Waals surface area contributed by atoms with E-state index in [1.807, 2.05) is 43.3 Å². The Morgan fingerprint density at radius 1 is 1.10 bits per heavy atom. The minimum atomic E-state index is -0.652. The number of carbonyl (C=O) groups is 2. The molecule has 0 spiro atoms. The molecule has 0 saturated carbocycles. The highest BCUT2D eigenvalue weighted by Crippen LogP contribution is 2.48. The van der Waals surface area contributed by atoms with Gasteiger partial charge in [-0.1, -0.05) is 60.1 Å². The Hall–Kier alpha value is -2.72. The number of carbonyl (C=O) groups excluding carboxylic acids is 2. The Bertz CT molecular complexity index is 1040. The van der Waals surface area contributed by atoms with Crippen molar-refractivity contribution in [2.45, 2.75) is 38.5 Å². The fourth-order valence-corrected chi connectivity index (χ4v) is 4.87. The lowest BCUT2D eigenvalue weighted by molar-refractivity contribution is -0.146. The first-order valence-electron chi connectivity index (χ1n) is 10.3. The van der Waals surface area contributed by atoms with E-state index in [9.17, 15) is 9.59 Å². The summed E-state index contributed by atoms with van der Waals surface area (Å²) in [5.74, 6) is -1.39. The molecule has 1 aliphatic carbocycles. The van der Waals surface area contributed by atoms with E-state index < -0.39 is 11.8 Å². The first-order valence-corrected chi connectivity index (χ1v) is 10.7. The summed E-state index contributed by atoms with van der Waals surface area (Å²) in [7, 11) is 0. The van der Waals surface area contributed by atoms with Crippen LogP contribution >= 0.6 is 11.6 Å². The van der Waals surface area contributed by atoms with E-state index in [1.165, 1.54) is 0 Å². The molecule has 0 fully saturated rings. The second-order valence-corrected chi connectivity index (χ2v) is 8.19. The molecule has 1 heterocycles. The Balaban J connectivity index is 1.83. The van der Waals surface area contributed by atoms with Crippen molar-refractivity contribution < 1.29 is 14.3 Å². The van der Waals surface area contributed by atoms with Crippen molar-refractivity contribution >= 4 is 29.1 Å². The lowest BCUT2D eigenvalue weighted by Gasteiger charge is -2.36. The van der Waals surface area contributed by atoms with Crippen molar-refractivity contribution in [3.05, 3.63) is 82.0 Å². The van der Waals surface area contributed by atoms with Crippen LogP contribution in [0.15, 0.2) is 70.9 Å². The highest BCUT2D eigenvalue weighted by molar-refractivity contribution is 6.31. The summed E-state index contributed by atoms with van der Waals surface area (Å²) in [6.45, 7) is 3.89. The van der Waals surface area contributed by atoms with Crippen molar-refractivity contribution in [3.8, 4) is 0 Å². The van der Waals surface area contributed by atoms with Gasteiger partial charge in [0.1, 0.15) is 5.92 Å². The topological polar surface area (TPSA) is 55.7 Å². The molecule has 154 valence electrons. The number of benzene rings is 2. The van der Waals surface area contributed by atoms with Gasteiger partial charge in [-0.3, -0.25) is 14.6 Å². The molecule has 4 rings (SSSR count). The molecule has 2 aromatic carbocycles. The van der Waals surface area contributed by atoms with Crippen molar-refractivity contribution in [1.29, 1.82) is 0 Å². The number of allylic oxidation sites excluding steroid dienone is 2. The summed E-state index contributed by atoms with van der Waals surface area (Å²) >= 11 is 6.53. The smallest absolute Gasteiger partial charge is 0.315 e. The molecular formula is C25H24ClNO3. The fourth-order valence-electron chi connectivity index (χ4n) is 4.62. The summed E-state index contributed by atoms with van der Waals surface area (Å²) in [6, 6.07) is 17.5. The van der Waals surface area contributed by atoms with E-state index in [4.69, 9.17) is 21.3 Å². The lowest BCUT2D eigenvalue weighted by atomic mass is 9.69. The van der Waals surface area contributed by atoms with Crippen LogP contribution in [0.1, 0.15) is 49.7 Å². The van der Waals surface area contributed by atoms with Gasteiger partial charge in [0.05, 0.1) is 6.61 Å². The highest BCUT2D eigenvalue weighted by Gasteiger charge is 2.45. The zero-order chi connectivity index (χ0) is 21.3. The van der Waals surface area contributed by atoms with E-state index in [0.717, 1.165) is 16.8 Å². The third-order valence-electron chi connectivity index (χ3n) is 5.94. The first kappa shape index (κ1) is 20.5. The zero-order valence-corrected chi connectivity index (χ0v) is 17.9. The van der Waals surface area contributed by atoms with Crippen LogP contribution in [0.25, 0.3) is 0 Å². The maximum atomic E-state index is 13.4. The van der Waals surface area contributed by atoms with Gasteiger partial charge in [0.25, 0.3) is 0 Å². The van der Waals surface area contributed by atoms with E-state index in [0.29, 0.717) is 29.1 Å². The molecule has 2 aliphatic rings. The van der Waals surface area contributed by atoms with Crippen LogP contribution in [0.2, 0.25) is 5.02 Å². The van der Waals surface area contributed by atoms with Crippen molar-refractivity contribution in [2.24, 2.45) is 10.9 Å². The second-order valence-electron chi connectivity index (χ2n) is 7.78. The number of hydrogen-bond donors (Lipinski definition) is 0. The minimum Gasteiger partial charge on any atom is -0.465 e. The van der Waals surface area contributed by atoms with E-state index >= 15 is 0 Å². The van der Waals surface area contributed by atoms with Crippen LogP contribution in [-0.4, -0.2) is 24.1 Å². The van der Waals surface area contributed by atoms with Crippen molar-refractivity contribution in [3.63, 3.8) is 0 Å². The van der Waals surface area contributed by atoms with Gasteiger partial charge in [-0.05, 0) is 43.4 Å². The van der Waals surface area contributed by atoms with Gasteiger partial charge in [-0.2, -0.15) is 0 Å². The zero-order valence-electron chi connectivity index (χ0n) is 17.1. The monoisotopic (exact) mass is 421 g/mol. The fraction of sp³-hybridized carbons (Fsp3) is 0.320. The van der Waals surface area contributed by atoms with Crippen LogP contribution in [0.4, 0.5) is 0 Å². The summed E-state index contributed by atoms with van der Waals surface area (Å²) in [5, 5.41) is 0.538. The van der Waals surface area contributed by atoms with E-state index in [-0.39, 0.29) is 24.3 Å². The standard InChI is InChI=1S/C25H24ClNO3/c1-3-30-25(29)22-15(2)27-20-13-17(16-9-5-4-6-10-16)14-21(28)24(20)23(22)18-11-7-8-12-19(18)26/h4-12,17,22-23H,3,13-14H2,1-2H3/t17-,22?,23+/m1/s1. The number of rotatable bonds is 4. The predicted molar refractivity (Wildman–Crippen MR) is 118 cm³/mol. The number of Topliss-reactive ketones (excluding diaryl/α,β-unsaturated/α-hetero) is 1. The number of aliphatic imine (C=N–C) groups is 1. The van der Waals surface area contributed by atoms with Gasteiger partial charge in [0, 0.05) is 34.3 Å². The number of hydrogen-bond acceptors (Lipinski definition) is 4. The molecule has 0 bridgehead atoms. The van der Waals surface area contributed by atoms with Crippen LogP contribution in [-0.2, 0) is 14.3 Å². The molecule has 4 nitrogen and oxygen atoms in total. The minimum absolute atomic E-state index is 0.0283. The molecule has 5 heteroatoms. The van der Waals surface area contributed by atoms with Gasteiger partial charge < -0.3 is 4.74 Å². The van der Waals surface area contributed by atoms with Gasteiger partial charge in [0.2, 0.25) is 0 Å². The summed E-state index contributed by atoms with van der Waals surface area (Å²) < 4.78 is 5.35. The molecular weight excluding hydrogens is 398 g/mol. The predicted octanol–water partition coefficient (Wildman–Crippen LogP) is 5.48. The van der Waals surface area contributed by atoms with Crippen molar-refractivity contribution in [2.75, 3.05) is 6.61 Å². The maximum Gasteiger partial charge on any atom is 0.315 e. The number of halogens is 1. The number of ether oxygens (including phenoxy) is 1. The van der Waals surface area contributed by atoms with Gasteiger partial charge >= 0.3 is 5.97 Å². The number of nitrogens with zero attached hydrogens (tertiary/aromatic N) is 1. The molecule has 3 atom stereocenters. The van der Waals surface area contributed by atoms with Crippen LogP contribution in [0.5, 0.6) is 0 Å². The molecule has 0 saturated heterocycles. The third kappa shape index (κ3) is 3.72. The third-order valence-corrected chi connectivity index (χ3v) is 6.28. The molecule has 0 amide bonds. The quantitative estimate of drug-likeness (QED) is 0.614. The first-order chi connectivity index (χ1) is 14.5. The Morgan fingerprint density at radius 3 is 2.50 bits per heavy atom. The average molecular weight is 422 g/mol. The lowest BCUT2D eigenvalue weighted by Crippen LogP contribution is -2.38. The molecule has 0 radical (unpaired) electrons. The van der Waals surface area contributed by atoms with Crippen LogP contribution in [0, 0.1) is 5.92 Å². The maximum absolute atomic E-state index is 13.4. The van der Waals surface area contributed by atoms with Gasteiger partial charge in [-0.15, -0.1) is 0 Å². The van der Waals surface area contributed by atoms with E-state index in [2.05, 4.69) is 12.1 Å². The summed E-state index contributed by atoms with van der Waals surface area (Å²) in [5.41, 5.74) is 3.94. The van der Waals surface area contributed by atoms with Crippen LogP contribution in [0.3, 0.4) is 0 Å². The Kier molecular flexibility index (Phi) is 5.87. The molecule has 1 unspecified atom stereocenters. The van der Waals surface area contributed by atoms with Gasteiger partial charge in [-0.25, -0.2) is 0 Å². The Labute approximate surface area is 181 Å². The van der Waals surface area contributed by atoms with Crippen LogP contribution < -0.4 is 0 Å². The normalized spacial score (nSPS) is 23.6. The van der Waals surface area contributed by atoms with E-state index in [1.54, 1.807) is 13.0 Å². The second kappa shape index (κ2) is 8.57. The largest absolute Gasteiger partial charge is 0.465 e. The Morgan fingerprint density at radius 2 is 1.80 bits per heavy atom. The SMILES string of the molecule is CCOC(=O)C1C(C)=NC2=C(C(=O)C[C@H](c3ccccc3)C2)[C@H]1c1ccccc1Cl. The highest BCUT2D eigenvalue weighted by atomic mass is 35.5. The van der Waals surface area contributed by atoms with Gasteiger partial charge in [0.15, 0.2) is 5.78 Å². The molecule has 1 aliphatic heterocycles. The molecule has 0 aromatic heterocycles. The average Bonchev–Trinajstić information content (AvgIpc) is 2.74. The number of esters is 1. The summed E-state index contributed by atoms with van der Waals surface area (Å²) in [6.07, 6.45) is 1.06. The summed E-state index contributed by atoms with van der Waals surface area (Å²) in [4.78, 5) is 31.1. The molecule has 30 heavy (non-hydrogen) atoms. The molecule has 0 N–H and O–H groups in total. The number of ketones is 1.